The van der Waals surface area contributed by atoms with Crippen LogP contribution in [0, 0.1) is 5.82 Å². The SMILES string of the molecule is COC[C@H]1CCCN1Cc1ccc(-c2nc(C(=O)N(C)Cc3ccc(F)cc3)c(O)c(=O)[nH]2)cc1. The van der Waals surface area contributed by atoms with Gasteiger partial charge in [-0.3, -0.25) is 14.5 Å². The molecule has 9 heteroatoms. The van der Waals surface area contributed by atoms with E-state index < -0.39 is 17.2 Å². The van der Waals surface area contributed by atoms with Crippen LogP contribution in [0.4, 0.5) is 4.39 Å². The van der Waals surface area contributed by atoms with E-state index in [1.54, 1.807) is 19.2 Å². The molecule has 35 heavy (non-hydrogen) atoms. The van der Waals surface area contributed by atoms with Gasteiger partial charge in [-0.05, 0) is 42.6 Å². The molecule has 2 heterocycles. The first kappa shape index (κ1) is 24.6. The molecule has 1 aliphatic heterocycles. The number of rotatable bonds is 8. The molecular formula is C26H29FN4O4. The number of aromatic nitrogens is 2. The zero-order valence-electron chi connectivity index (χ0n) is 19.8. The largest absolute Gasteiger partial charge is 0.501 e. The van der Waals surface area contributed by atoms with Gasteiger partial charge in [0.15, 0.2) is 5.69 Å². The van der Waals surface area contributed by atoms with Crippen molar-refractivity contribution in [2.45, 2.75) is 32.0 Å². The molecule has 4 rings (SSSR count). The first-order valence-corrected chi connectivity index (χ1v) is 11.5. The van der Waals surface area contributed by atoms with E-state index in [4.69, 9.17) is 4.74 Å². The first-order chi connectivity index (χ1) is 16.9. The van der Waals surface area contributed by atoms with Gasteiger partial charge in [-0.1, -0.05) is 36.4 Å². The maximum atomic E-state index is 13.2. The number of nitrogens with one attached hydrogen (secondary N) is 1. The van der Waals surface area contributed by atoms with E-state index in [9.17, 15) is 19.1 Å². The molecule has 3 aromatic rings. The van der Waals surface area contributed by atoms with Crippen LogP contribution < -0.4 is 5.56 Å². The lowest BCUT2D eigenvalue weighted by molar-refractivity contribution is 0.0775. The van der Waals surface area contributed by atoms with E-state index in [0.717, 1.165) is 31.5 Å². The Morgan fingerprint density at radius 3 is 2.57 bits per heavy atom. The normalized spacial score (nSPS) is 15.9. The highest BCUT2D eigenvalue weighted by Gasteiger charge is 2.25. The number of likely N-dealkylation sites (tertiary alicyclic amines) is 1. The van der Waals surface area contributed by atoms with Crippen molar-refractivity contribution in [1.29, 1.82) is 0 Å². The fourth-order valence-corrected chi connectivity index (χ4v) is 4.36. The summed E-state index contributed by atoms with van der Waals surface area (Å²) in [6, 6.07) is 13.8. The van der Waals surface area contributed by atoms with Crippen molar-refractivity contribution in [3.8, 4) is 17.1 Å². The Balaban J connectivity index is 1.51. The van der Waals surface area contributed by atoms with E-state index in [2.05, 4.69) is 14.9 Å². The monoisotopic (exact) mass is 480 g/mol. The van der Waals surface area contributed by atoms with Crippen LogP contribution in [0.15, 0.2) is 53.3 Å². The third-order valence-electron chi connectivity index (χ3n) is 6.25. The van der Waals surface area contributed by atoms with E-state index >= 15 is 0 Å². The summed E-state index contributed by atoms with van der Waals surface area (Å²) in [4.78, 5) is 35.9. The number of aromatic hydroxyl groups is 1. The quantitative estimate of drug-likeness (QED) is 0.514. The van der Waals surface area contributed by atoms with Crippen LogP contribution in [0.25, 0.3) is 11.4 Å². The van der Waals surface area contributed by atoms with Gasteiger partial charge in [-0.15, -0.1) is 0 Å². The van der Waals surface area contributed by atoms with Gasteiger partial charge in [-0.2, -0.15) is 0 Å². The van der Waals surface area contributed by atoms with Gasteiger partial charge in [0.2, 0.25) is 5.75 Å². The molecule has 2 aromatic carbocycles. The van der Waals surface area contributed by atoms with Crippen molar-refractivity contribution in [3.63, 3.8) is 0 Å². The highest BCUT2D eigenvalue weighted by Crippen LogP contribution is 2.23. The highest BCUT2D eigenvalue weighted by atomic mass is 19.1. The Morgan fingerprint density at radius 2 is 1.89 bits per heavy atom. The minimum Gasteiger partial charge on any atom is -0.501 e. The average Bonchev–Trinajstić information content (AvgIpc) is 3.29. The van der Waals surface area contributed by atoms with Gasteiger partial charge >= 0.3 is 0 Å². The summed E-state index contributed by atoms with van der Waals surface area (Å²) in [5, 5.41) is 10.2. The molecule has 2 N–H and O–H groups in total. The van der Waals surface area contributed by atoms with Crippen molar-refractivity contribution in [3.05, 3.63) is 81.5 Å². The van der Waals surface area contributed by atoms with Crippen LogP contribution >= 0.6 is 0 Å². The minimum atomic E-state index is -0.794. The van der Waals surface area contributed by atoms with Gasteiger partial charge in [0.05, 0.1) is 6.61 Å². The number of carbonyl (C=O) groups is 1. The summed E-state index contributed by atoms with van der Waals surface area (Å²) in [5.41, 5.74) is 1.31. The van der Waals surface area contributed by atoms with Gasteiger partial charge < -0.3 is 19.7 Å². The Hall–Kier alpha value is -3.56. The van der Waals surface area contributed by atoms with E-state index in [-0.39, 0.29) is 23.9 Å². The zero-order valence-corrected chi connectivity index (χ0v) is 19.8. The molecule has 184 valence electrons. The summed E-state index contributed by atoms with van der Waals surface area (Å²) in [6.07, 6.45) is 2.27. The average molecular weight is 481 g/mol. The Bertz CT molecular complexity index is 1230. The second-order valence-corrected chi connectivity index (χ2v) is 8.82. The predicted octanol–water partition coefficient (Wildman–Crippen LogP) is 3.16. The fourth-order valence-electron chi connectivity index (χ4n) is 4.36. The zero-order chi connectivity index (χ0) is 24.9. The molecule has 1 amide bonds. The molecule has 1 fully saturated rings. The Kier molecular flexibility index (Phi) is 7.57. The Labute approximate surface area is 203 Å². The number of benzene rings is 2. The number of carbonyl (C=O) groups excluding carboxylic acids is 1. The van der Waals surface area contributed by atoms with Crippen LogP contribution in [-0.4, -0.2) is 64.1 Å². The van der Waals surface area contributed by atoms with Crippen LogP contribution in [0.5, 0.6) is 5.75 Å². The van der Waals surface area contributed by atoms with Crippen molar-refractivity contribution >= 4 is 5.91 Å². The number of amides is 1. The second kappa shape index (κ2) is 10.8. The summed E-state index contributed by atoms with van der Waals surface area (Å²) in [5.74, 6) is -1.53. The van der Waals surface area contributed by atoms with Crippen molar-refractivity contribution in [2.75, 3.05) is 27.3 Å². The van der Waals surface area contributed by atoms with Gasteiger partial charge in [-0.25, -0.2) is 9.37 Å². The molecule has 1 atom stereocenters. The molecule has 0 spiro atoms. The van der Waals surface area contributed by atoms with Gasteiger partial charge in [0.1, 0.15) is 11.6 Å². The molecule has 1 aliphatic rings. The number of aromatic amines is 1. The molecule has 8 nitrogen and oxygen atoms in total. The maximum Gasteiger partial charge on any atom is 0.294 e. The van der Waals surface area contributed by atoms with Crippen LogP contribution in [-0.2, 0) is 17.8 Å². The van der Waals surface area contributed by atoms with E-state index in [1.165, 1.54) is 24.1 Å². The molecule has 0 saturated carbocycles. The third kappa shape index (κ3) is 5.75. The number of ether oxygens (including phenoxy) is 1. The summed E-state index contributed by atoms with van der Waals surface area (Å²) >= 11 is 0. The molecule has 0 bridgehead atoms. The molecule has 1 aromatic heterocycles. The molecule has 1 saturated heterocycles. The first-order valence-electron chi connectivity index (χ1n) is 11.5. The van der Waals surface area contributed by atoms with Crippen LogP contribution in [0.3, 0.4) is 0 Å². The van der Waals surface area contributed by atoms with Crippen molar-refractivity contribution in [1.82, 2.24) is 19.8 Å². The van der Waals surface area contributed by atoms with Crippen molar-refractivity contribution < 1.29 is 19.0 Å². The summed E-state index contributed by atoms with van der Waals surface area (Å²) in [7, 11) is 3.24. The lowest BCUT2D eigenvalue weighted by Crippen LogP contribution is -2.32. The Morgan fingerprint density at radius 1 is 1.20 bits per heavy atom. The van der Waals surface area contributed by atoms with Crippen LogP contribution in [0.2, 0.25) is 0 Å². The highest BCUT2D eigenvalue weighted by molar-refractivity contribution is 5.95. The molecule has 0 radical (unpaired) electrons. The number of halogens is 1. The number of hydrogen-bond donors (Lipinski definition) is 2. The van der Waals surface area contributed by atoms with E-state index in [0.29, 0.717) is 23.8 Å². The molecular weight excluding hydrogens is 451 g/mol. The number of H-pyrrole nitrogens is 1. The fraction of sp³-hybridized carbons (Fsp3) is 0.346. The van der Waals surface area contributed by atoms with Crippen LogP contribution in [0.1, 0.15) is 34.5 Å². The minimum absolute atomic E-state index is 0.164. The second-order valence-electron chi connectivity index (χ2n) is 8.82. The smallest absolute Gasteiger partial charge is 0.294 e. The molecule has 0 aliphatic carbocycles. The van der Waals surface area contributed by atoms with Gasteiger partial charge in [0.25, 0.3) is 11.5 Å². The summed E-state index contributed by atoms with van der Waals surface area (Å²) < 4.78 is 18.5. The topological polar surface area (TPSA) is 98.8 Å². The lowest BCUT2D eigenvalue weighted by Gasteiger charge is -2.23. The summed E-state index contributed by atoms with van der Waals surface area (Å²) in [6.45, 7) is 2.70. The number of nitrogens with zero attached hydrogens (tertiary/aromatic N) is 3. The molecule has 0 unspecified atom stereocenters. The lowest BCUT2D eigenvalue weighted by atomic mass is 10.1. The predicted molar refractivity (Wildman–Crippen MR) is 129 cm³/mol. The van der Waals surface area contributed by atoms with E-state index in [1.807, 2.05) is 24.3 Å². The van der Waals surface area contributed by atoms with Gasteiger partial charge in [0, 0.05) is 38.9 Å². The number of hydrogen-bond acceptors (Lipinski definition) is 6. The third-order valence-corrected chi connectivity index (χ3v) is 6.25. The maximum absolute atomic E-state index is 13.2. The number of methoxy groups -OCH3 is 1. The standard InChI is InChI=1S/C26H29FN4O4/c1-30(14-17-7-11-20(27)12-8-17)26(34)22-23(32)25(33)29-24(28-22)19-9-5-18(6-10-19)15-31-13-3-4-21(31)16-35-2/h5-12,21,32H,3-4,13-16H2,1-2H3,(H,28,29,33)/t21-/m1/s1. The van der Waals surface area contributed by atoms with Crippen molar-refractivity contribution in [2.24, 2.45) is 0 Å².